The molecule has 0 saturated carbocycles. The first-order valence-electron chi connectivity index (χ1n) is 3.92. The quantitative estimate of drug-likeness (QED) is 0.766. The maximum atomic E-state index is 5.62. The number of hydrogen-bond acceptors (Lipinski definition) is 5. The Kier molecular flexibility index (Phi) is 4.88. The van der Waals surface area contributed by atoms with Crippen molar-refractivity contribution in [1.29, 1.82) is 0 Å². The average molecular weight is 253 g/mol. The largest absolute Gasteiger partial charge is 0.309 e. The van der Waals surface area contributed by atoms with Crippen LogP contribution >= 0.6 is 35.0 Å². The molecule has 0 aliphatic rings. The first kappa shape index (κ1) is 12.0. The zero-order chi connectivity index (χ0) is 10.6. The molecule has 0 unspecified atom stereocenters. The molecule has 0 atom stereocenters. The number of nitrogens with zero attached hydrogens (tertiary/aromatic N) is 4. The summed E-state index contributed by atoms with van der Waals surface area (Å²) in [6.07, 6.45) is 0. The van der Waals surface area contributed by atoms with Gasteiger partial charge in [-0.1, -0.05) is 11.8 Å². The Morgan fingerprint density at radius 1 is 1.14 bits per heavy atom. The molecular weight excluding hydrogens is 243 g/mol. The highest BCUT2D eigenvalue weighted by Crippen LogP contribution is 2.16. The van der Waals surface area contributed by atoms with Gasteiger partial charge in [0.25, 0.3) is 0 Å². The Morgan fingerprint density at radius 3 is 2.21 bits per heavy atom. The van der Waals surface area contributed by atoms with Gasteiger partial charge in [-0.25, -0.2) is 0 Å². The minimum atomic E-state index is 0.136. The summed E-state index contributed by atoms with van der Waals surface area (Å²) in [5, 5.41) is 0.839. The second-order valence-electron chi connectivity index (χ2n) is 2.81. The van der Waals surface area contributed by atoms with Gasteiger partial charge in [-0.2, -0.15) is 15.0 Å². The van der Waals surface area contributed by atoms with Crippen LogP contribution in [0, 0.1) is 0 Å². The Hall–Kier alpha value is -0.100. The van der Waals surface area contributed by atoms with Crippen molar-refractivity contribution in [3.8, 4) is 0 Å². The lowest BCUT2D eigenvalue weighted by Crippen LogP contribution is -2.14. The molecule has 1 heterocycles. The van der Waals surface area contributed by atoms with Crippen molar-refractivity contribution >= 4 is 35.0 Å². The summed E-state index contributed by atoms with van der Waals surface area (Å²) >= 11 is 12.7. The molecule has 0 aromatic carbocycles. The highest BCUT2D eigenvalue weighted by atomic mass is 35.5. The van der Waals surface area contributed by atoms with Crippen LogP contribution in [0.2, 0.25) is 10.6 Å². The van der Waals surface area contributed by atoms with E-state index < -0.39 is 0 Å². The first-order valence-corrected chi connectivity index (χ1v) is 5.66. The van der Waals surface area contributed by atoms with E-state index in [-0.39, 0.29) is 10.6 Å². The van der Waals surface area contributed by atoms with E-state index in [9.17, 15) is 0 Å². The molecule has 0 aliphatic carbocycles. The van der Waals surface area contributed by atoms with Crippen molar-refractivity contribution in [2.75, 3.05) is 26.4 Å². The van der Waals surface area contributed by atoms with Crippen LogP contribution in [0.5, 0.6) is 0 Å². The molecule has 1 rings (SSSR count). The van der Waals surface area contributed by atoms with Gasteiger partial charge in [-0.15, -0.1) is 0 Å². The normalized spacial score (nSPS) is 10.9. The molecule has 0 aliphatic heterocycles. The second kappa shape index (κ2) is 5.70. The third-order valence-electron chi connectivity index (χ3n) is 1.33. The van der Waals surface area contributed by atoms with Gasteiger partial charge in [0.15, 0.2) is 5.16 Å². The van der Waals surface area contributed by atoms with Crippen LogP contribution in [-0.2, 0) is 0 Å². The fourth-order valence-corrected chi connectivity index (χ4v) is 2.10. The standard InChI is InChI=1S/C7H10Cl2N4S/c1-13(2)3-4-14-7-11-5(8)10-6(9)12-7/h3-4H2,1-2H3. The zero-order valence-electron chi connectivity index (χ0n) is 7.87. The van der Waals surface area contributed by atoms with E-state index in [0.29, 0.717) is 5.16 Å². The number of aromatic nitrogens is 3. The summed E-state index contributed by atoms with van der Waals surface area (Å²) in [5.74, 6) is 0.893. The van der Waals surface area contributed by atoms with E-state index in [1.54, 1.807) is 0 Å². The third kappa shape index (κ3) is 4.41. The first-order chi connectivity index (χ1) is 6.58. The molecule has 0 N–H and O–H groups in total. The van der Waals surface area contributed by atoms with Gasteiger partial charge in [0.2, 0.25) is 10.6 Å². The number of thioether (sulfide) groups is 1. The zero-order valence-corrected chi connectivity index (χ0v) is 10.2. The minimum Gasteiger partial charge on any atom is -0.309 e. The van der Waals surface area contributed by atoms with E-state index in [2.05, 4.69) is 19.9 Å². The van der Waals surface area contributed by atoms with Gasteiger partial charge >= 0.3 is 0 Å². The lowest BCUT2D eigenvalue weighted by atomic mass is 10.7. The van der Waals surface area contributed by atoms with Gasteiger partial charge in [-0.05, 0) is 37.3 Å². The van der Waals surface area contributed by atoms with Crippen molar-refractivity contribution in [2.24, 2.45) is 0 Å². The molecule has 4 nitrogen and oxygen atoms in total. The van der Waals surface area contributed by atoms with Crippen molar-refractivity contribution in [1.82, 2.24) is 19.9 Å². The van der Waals surface area contributed by atoms with E-state index in [4.69, 9.17) is 23.2 Å². The lowest BCUT2D eigenvalue weighted by Gasteiger charge is -2.07. The molecule has 1 aromatic rings. The van der Waals surface area contributed by atoms with Crippen LogP contribution in [0.3, 0.4) is 0 Å². The van der Waals surface area contributed by atoms with Crippen LogP contribution in [0.25, 0.3) is 0 Å². The number of rotatable bonds is 4. The summed E-state index contributed by atoms with van der Waals surface area (Å²) in [4.78, 5) is 13.6. The Balaban J connectivity index is 2.50. The van der Waals surface area contributed by atoms with Gasteiger partial charge in [0.05, 0.1) is 0 Å². The van der Waals surface area contributed by atoms with Crippen LogP contribution in [0.15, 0.2) is 5.16 Å². The number of halogens is 2. The summed E-state index contributed by atoms with van der Waals surface area (Å²) in [6.45, 7) is 0.950. The molecule has 14 heavy (non-hydrogen) atoms. The fourth-order valence-electron chi connectivity index (χ4n) is 0.693. The van der Waals surface area contributed by atoms with E-state index in [0.717, 1.165) is 12.3 Å². The van der Waals surface area contributed by atoms with Crippen molar-refractivity contribution in [3.63, 3.8) is 0 Å². The topological polar surface area (TPSA) is 41.9 Å². The SMILES string of the molecule is CN(C)CCSc1nc(Cl)nc(Cl)n1. The Bertz CT molecular complexity index is 287. The summed E-state index contributed by atoms with van der Waals surface area (Å²) in [6, 6.07) is 0. The molecule has 78 valence electrons. The fraction of sp³-hybridized carbons (Fsp3) is 0.571. The van der Waals surface area contributed by atoms with E-state index in [1.165, 1.54) is 11.8 Å². The van der Waals surface area contributed by atoms with Gasteiger partial charge in [0.1, 0.15) is 0 Å². The summed E-state index contributed by atoms with van der Waals surface area (Å²) in [5.41, 5.74) is 0. The molecule has 0 amide bonds. The monoisotopic (exact) mass is 252 g/mol. The maximum Gasteiger partial charge on any atom is 0.227 e. The molecule has 0 saturated heterocycles. The molecule has 0 bridgehead atoms. The second-order valence-corrected chi connectivity index (χ2v) is 4.55. The van der Waals surface area contributed by atoms with Crippen molar-refractivity contribution in [3.05, 3.63) is 10.6 Å². The van der Waals surface area contributed by atoms with Crippen LogP contribution in [0.4, 0.5) is 0 Å². The average Bonchev–Trinajstić information content (AvgIpc) is 2.01. The van der Waals surface area contributed by atoms with Crippen molar-refractivity contribution in [2.45, 2.75) is 5.16 Å². The molecule has 7 heteroatoms. The molecule has 0 spiro atoms. The molecule has 0 radical (unpaired) electrons. The van der Waals surface area contributed by atoms with E-state index >= 15 is 0 Å². The van der Waals surface area contributed by atoms with Crippen molar-refractivity contribution < 1.29 is 0 Å². The molecule has 0 fully saturated rings. The minimum absolute atomic E-state index is 0.136. The van der Waals surface area contributed by atoms with Gasteiger partial charge in [-0.3, -0.25) is 0 Å². The van der Waals surface area contributed by atoms with E-state index in [1.807, 2.05) is 14.1 Å². The molecular formula is C7H10Cl2N4S. The van der Waals surface area contributed by atoms with Crippen LogP contribution in [0.1, 0.15) is 0 Å². The van der Waals surface area contributed by atoms with Gasteiger partial charge < -0.3 is 4.90 Å². The Labute approximate surface area is 97.0 Å². The maximum absolute atomic E-state index is 5.62. The predicted octanol–water partition coefficient (Wildman–Crippen LogP) is 1.83. The summed E-state index contributed by atoms with van der Waals surface area (Å²) in [7, 11) is 4.02. The third-order valence-corrected chi connectivity index (χ3v) is 2.50. The predicted molar refractivity (Wildman–Crippen MR) is 59.1 cm³/mol. The highest BCUT2D eigenvalue weighted by molar-refractivity contribution is 7.99. The smallest absolute Gasteiger partial charge is 0.227 e. The Morgan fingerprint density at radius 2 is 1.71 bits per heavy atom. The number of hydrogen-bond donors (Lipinski definition) is 0. The summed E-state index contributed by atoms with van der Waals surface area (Å²) < 4.78 is 0. The highest BCUT2D eigenvalue weighted by Gasteiger charge is 2.03. The van der Waals surface area contributed by atoms with Gasteiger partial charge in [0, 0.05) is 12.3 Å². The molecule has 1 aromatic heterocycles. The van der Waals surface area contributed by atoms with Crippen LogP contribution < -0.4 is 0 Å². The van der Waals surface area contributed by atoms with Crippen LogP contribution in [-0.4, -0.2) is 46.2 Å². The lowest BCUT2D eigenvalue weighted by molar-refractivity contribution is 0.437.